The van der Waals surface area contributed by atoms with Crippen molar-refractivity contribution >= 4 is 11.8 Å². The van der Waals surface area contributed by atoms with E-state index in [1.54, 1.807) is 0 Å². The fraction of sp³-hybridized carbons (Fsp3) is 0.0185. The summed E-state index contributed by atoms with van der Waals surface area (Å²) in [5.74, 6) is 0.707. The summed E-state index contributed by atoms with van der Waals surface area (Å²) in [5, 5.41) is 9.49. The lowest BCUT2D eigenvalue weighted by Gasteiger charge is -2.40. The van der Waals surface area contributed by atoms with E-state index in [1.165, 1.54) is 43.2 Å². The highest BCUT2D eigenvalue weighted by Gasteiger charge is 2.50. The number of fused-ring (bicyclic) bond motifs is 9. The van der Waals surface area contributed by atoms with E-state index in [2.05, 4.69) is 158 Å². The van der Waals surface area contributed by atoms with Crippen LogP contribution < -0.4 is 0 Å². The summed E-state index contributed by atoms with van der Waals surface area (Å²) in [6.07, 6.45) is 0. The van der Waals surface area contributed by atoms with Crippen molar-refractivity contribution < 1.29 is 0 Å². The normalized spacial score (nSPS) is 14.5. The van der Waals surface area contributed by atoms with Gasteiger partial charge in [0.2, 0.25) is 0 Å². The molecule has 0 fully saturated rings. The van der Waals surface area contributed by atoms with Gasteiger partial charge >= 0.3 is 0 Å². The van der Waals surface area contributed by atoms with Gasteiger partial charge in [0.25, 0.3) is 0 Å². The molecule has 1 aromatic heterocycles. The van der Waals surface area contributed by atoms with E-state index < -0.39 is 5.41 Å². The molecule has 1 unspecified atom stereocenters. The minimum absolute atomic E-state index is 0.524. The third-order valence-electron chi connectivity index (χ3n) is 11.6. The number of benzene rings is 8. The topological polar surface area (TPSA) is 49.6 Å². The van der Waals surface area contributed by atoms with Gasteiger partial charge in [-0.05, 0) is 98.1 Å². The van der Waals surface area contributed by atoms with Gasteiger partial charge in [0, 0.05) is 26.5 Å². The van der Waals surface area contributed by atoms with Crippen LogP contribution in [0, 0.1) is 11.3 Å². The largest absolute Gasteiger partial charge is 0.228 e. The quantitative estimate of drug-likeness (QED) is 0.175. The van der Waals surface area contributed by atoms with Gasteiger partial charge in [0.1, 0.15) is 0 Å². The summed E-state index contributed by atoms with van der Waals surface area (Å²) in [6, 6.07) is 73.4. The molecule has 11 rings (SSSR count). The Bertz CT molecular complexity index is 3020. The van der Waals surface area contributed by atoms with Crippen molar-refractivity contribution in [3.63, 3.8) is 0 Å². The summed E-state index contributed by atoms with van der Waals surface area (Å²) in [6.45, 7) is 0. The van der Waals surface area contributed by atoms with Crippen LogP contribution in [0.25, 0.3) is 67.3 Å². The summed E-state index contributed by atoms with van der Waals surface area (Å²) >= 11 is 1.85. The van der Waals surface area contributed by atoms with E-state index in [9.17, 15) is 5.26 Å². The van der Waals surface area contributed by atoms with Crippen LogP contribution >= 0.6 is 11.8 Å². The summed E-state index contributed by atoms with van der Waals surface area (Å²) in [4.78, 5) is 12.6. The second-order valence-electron chi connectivity index (χ2n) is 14.8. The fourth-order valence-electron chi connectivity index (χ4n) is 8.90. The Morgan fingerprint density at radius 2 is 0.879 bits per heavy atom. The van der Waals surface area contributed by atoms with Gasteiger partial charge < -0.3 is 0 Å². The van der Waals surface area contributed by atoms with Crippen molar-refractivity contribution in [3.05, 3.63) is 228 Å². The van der Waals surface area contributed by atoms with Crippen molar-refractivity contribution in [1.82, 2.24) is 9.97 Å². The second-order valence-corrected chi connectivity index (χ2v) is 15.9. The maximum absolute atomic E-state index is 9.49. The maximum Gasteiger partial charge on any atom is 0.160 e. The van der Waals surface area contributed by atoms with Gasteiger partial charge in [-0.1, -0.05) is 169 Å². The molecular formula is C54H33N3S. The molecule has 0 bridgehead atoms. The van der Waals surface area contributed by atoms with Crippen molar-refractivity contribution in [2.75, 3.05) is 0 Å². The molecule has 9 aromatic rings. The van der Waals surface area contributed by atoms with Gasteiger partial charge in [-0.15, -0.1) is 0 Å². The van der Waals surface area contributed by atoms with Crippen molar-refractivity contribution in [2.45, 2.75) is 15.2 Å². The van der Waals surface area contributed by atoms with Gasteiger partial charge in [-0.2, -0.15) is 5.26 Å². The third kappa shape index (κ3) is 5.44. The minimum Gasteiger partial charge on any atom is -0.228 e. The summed E-state index contributed by atoms with van der Waals surface area (Å²) in [7, 11) is 0. The van der Waals surface area contributed by atoms with Gasteiger partial charge in [-0.25, -0.2) is 9.97 Å². The first-order valence-electron chi connectivity index (χ1n) is 19.4. The maximum atomic E-state index is 9.49. The number of hydrogen-bond acceptors (Lipinski definition) is 4. The first-order chi connectivity index (χ1) is 28.7. The Labute approximate surface area is 342 Å². The minimum atomic E-state index is -0.524. The molecule has 1 aliphatic heterocycles. The Hall–Kier alpha value is -7.32. The molecule has 0 saturated carbocycles. The SMILES string of the molecule is N#Cc1ccc(-c2ccc3c(c2)C2(c4ccccc4S3)c3ccccc3-c3ccc(-c4ccc(-c5cc(-c6ccccc6)nc(-c6ccccc6)n5)cc4)cc32)cc1. The van der Waals surface area contributed by atoms with Crippen LogP contribution in [0.3, 0.4) is 0 Å². The summed E-state index contributed by atoms with van der Waals surface area (Å²) in [5.41, 5.74) is 17.2. The summed E-state index contributed by atoms with van der Waals surface area (Å²) < 4.78 is 0. The zero-order valence-corrected chi connectivity index (χ0v) is 32.1. The van der Waals surface area contributed by atoms with Gasteiger partial charge in [-0.3, -0.25) is 0 Å². The second kappa shape index (κ2) is 13.7. The molecule has 58 heavy (non-hydrogen) atoms. The van der Waals surface area contributed by atoms with Gasteiger partial charge in [0.05, 0.1) is 28.4 Å². The lowest BCUT2D eigenvalue weighted by molar-refractivity contribution is 0.723. The first kappa shape index (κ1) is 34.0. The highest BCUT2D eigenvalue weighted by molar-refractivity contribution is 7.99. The van der Waals surface area contributed by atoms with Crippen LogP contribution in [0.5, 0.6) is 0 Å². The molecule has 1 aliphatic carbocycles. The Morgan fingerprint density at radius 3 is 1.59 bits per heavy atom. The predicted molar refractivity (Wildman–Crippen MR) is 235 cm³/mol. The van der Waals surface area contributed by atoms with Crippen LogP contribution in [0.15, 0.2) is 210 Å². The highest BCUT2D eigenvalue weighted by atomic mass is 32.2. The monoisotopic (exact) mass is 755 g/mol. The molecule has 0 amide bonds. The Morgan fingerprint density at radius 1 is 0.379 bits per heavy atom. The molecule has 2 aliphatic rings. The average Bonchev–Trinajstić information content (AvgIpc) is 3.59. The van der Waals surface area contributed by atoms with E-state index in [1.807, 2.05) is 60.3 Å². The zero-order chi connectivity index (χ0) is 38.6. The number of nitrogens with zero attached hydrogens (tertiary/aromatic N) is 3. The highest BCUT2D eigenvalue weighted by Crippen LogP contribution is 2.62. The third-order valence-corrected chi connectivity index (χ3v) is 12.8. The van der Waals surface area contributed by atoms with E-state index in [0.29, 0.717) is 11.4 Å². The lowest BCUT2D eigenvalue weighted by Crippen LogP contribution is -2.32. The van der Waals surface area contributed by atoms with Crippen LogP contribution in [0.2, 0.25) is 0 Å². The first-order valence-corrected chi connectivity index (χ1v) is 20.3. The molecule has 2 heterocycles. The molecule has 3 nitrogen and oxygen atoms in total. The zero-order valence-electron chi connectivity index (χ0n) is 31.3. The lowest BCUT2D eigenvalue weighted by atomic mass is 9.66. The van der Waals surface area contributed by atoms with Crippen LogP contribution in [0.1, 0.15) is 27.8 Å². The number of rotatable bonds is 5. The number of aromatic nitrogens is 2. The Balaban J connectivity index is 1.06. The average molecular weight is 756 g/mol. The standard InChI is InChI=1S/C54H33N3S/c55-34-35-19-21-36(22-20-35)42-28-30-52-48(32-42)54(46-17-9-10-18-51(46)58-52)45-16-8-7-15-43(45)44-29-27-41(31-47(44)54)37-23-25-39(26-24-37)50-33-49(38-11-3-1-4-12-38)56-53(57-50)40-13-5-2-6-14-40/h1-33H. The van der Waals surface area contributed by atoms with Crippen LogP contribution in [-0.4, -0.2) is 9.97 Å². The van der Waals surface area contributed by atoms with Crippen LogP contribution in [0.4, 0.5) is 0 Å². The Kier molecular flexibility index (Phi) is 8.03. The number of hydrogen-bond donors (Lipinski definition) is 0. The van der Waals surface area contributed by atoms with E-state index in [4.69, 9.17) is 9.97 Å². The number of nitriles is 1. The van der Waals surface area contributed by atoms with E-state index in [-0.39, 0.29) is 0 Å². The van der Waals surface area contributed by atoms with Crippen molar-refractivity contribution in [2.24, 2.45) is 0 Å². The molecule has 0 saturated heterocycles. The molecule has 8 aromatic carbocycles. The van der Waals surface area contributed by atoms with E-state index >= 15 is 0 Å². The van der Waals surface area contributed by atoms with Crippen molar-refractivity contribution in [3.8, 4) is 73.4 Å². The smallest absolute Gasteiger partial charge is 0.160 e. The molecule has 4 heteroatoms. The molecule has 0 radical (unpaired) electrons. The van der Waals surface area contributed by atoms with Crippen LogP contribution in [-0.2, 0) is 5.41 Å². The molecule has 1 atom stereocenters. The fourth-order valence-corrected chi connectivity index (χ4v) is 10.1. The molecular weight excluding hydrogens is 723 g/mol. The van der Waals surface area contributed by atoms with E-state index in [0.717, 1.165) is 50.3 Å². The van der Waals surface area contributed by atoms with Crippen molar-refractivity contribution in [1.29, 1.82) is 5.26 Å². The predicted octanol–water partition coefficient (Wildman–Crippen LogP) is 13.5. The molecule has 0 N–H and O–H groups in total. The molecule has 1 spiro atoms. The van der Waals surface area contributed by atoms with Gasteiger partial charge in [0.15, 0.2) is 5.82 Å². The molecule has 270 valence electrons.